The predicted octanol–water partition coefficient (Wildman–Crippen LogP) is 4.34. The largest absolute Gasteiger partial charge is 0.310 e. The SMILES string of the molecule is CC(C)n1cc(NC(=O)c2cc(F)cc(-c3cccc(C4CCCN4)c3)c2)nn1. The Bertz CT molecular complexity index is 1020. The maximum absolute atomic E-state index is 14.3. The Hall–Kier alpha value is -3.06. The Morgan fingerprint density at radius 1 is 1.24 bits per heavy atom. The van der Waals surface area contributed by atoms with E-state index in [1.165, 1.54) is 17.7 Å². The van der Waals surface area contributed by atoms with Crippen molar-refractivity contribution < 1.29 is 9.18 Å². The summed E-state index contributed by atoms with van der Waals surface area (Å²) in [5.41, 5.74) is 2.97. The predicted molar refractivity (Wildman–Crippen MR) is 110 cm³/mol. The molecule has 1 fully saturated rings. The van der Waals surface area contributed by atoms with Crippen molar-refractivity contribution in [2.75, 3.05) is 11.9 Å². The summed E-state index contributed by atoms with van der Waals surface area (Å²) in [7, 11) is 0. The van der Waals surface area contributed by atoms with Crippen molar-refractivity contribution in [3.8, 4) is 11.1 Å². The second-order valence-electron chi connectivity index (χ2n) is 7.63. The van der Waals surface area contributed by atoms with Gasteiger partial charge in [-0.05, 0) is 74.2 Å². The van der Waals surface area contributed by atoms with Crippen molar-refractivity contribution in [1.82, 2.24) is 20.3 Å². The number of halogens is 1. The number of benzene rings is 2. The zero-order chi connectivity index (χ0) is 20.4. The number of hydrogen-bond acceptors (Lipinski definition) is 4. The van der Waals surface area contributed by atoms with E-state index >= 15 is 0 Å². The molecule has 6 nitrogen and oxygen atoms in total. The van der Waals surface area contributed by atoms with Gasteiger partial charge in [0.2, 0.25) is 0 Å². The van der Waals surface area contributed by atoms with Gasteiger partial charge in [0.15, 0.2) is 5.82 Å². The lowest BCUT2D eigenvalue weighted by atomic mass is 9.97. The van der Waals surface area contributed by atoms with Gasteiger partial charge < -0.3 is 10.6 Å². The number of nitrogens with zero attached hydrogens (tertiary/aromatic N) is 3. The number of rotatable bonds is 5. The normalized spacial score (nSPS) is 16.3. The minimum Gasteiger partial charge on any atom is -0.310 e. The number of nitrogens with one attached hydrogen (secondary N) is 2. The molecule has 0 bridgehead atoms. The molecule has 0 saturated carbocycles. The number of anilines is 1. The van der Waals surface area contributed by atoms with E-state index in [1.807, 2.05) is 26.0 Å². The van der Waals surface area contributed by atoms with Crippen LogP contribution in [0, 0.1) is 5.82 Å². The molecule has 0 radical (unpaired) electrons. The Labute approximate surface area is 169 Å². The second-order valence-corrected chi connectivity index (χ2v) is 7.63. The number of amides is 1. The fourth-order valence-electron chi connectivity index (χ4n) is 3.57. The Morgan fingerprint density at radius 3 is 2.83 bits per heavy atom. The van der Waals surface area contributed by atoms with E-state index in [0.717, 1.165) is 24.9 Å². The van der Waals surface area contributed by atoms with Crippen LogP contribution in [0.3, 0.4) is 0 Å². The monoisotopic (exact) mass is 393 g/mol. The van der Waals surface area contributed by atoms with E-state index in [1.54, 1.807) is 16.9 Å². The lowest BCUT2D eigenvalue weighted by molar-refractivity contribution is 0.102. The van der Waals surface area contributed by atoms with E-state index in [9.17, 15) is 9.18 Å². The molecular formula is C22H24FN5O. The fourth-order valence-corrected chi connectivity index (χ4v) is 3.57. The Morgan fingerprint density at radius 2 is 2.10 bits per heavy atom. The number of carbonyl (C=O) groups is 1. The smallest absolute Gasteiger partial charge is 0.257 e. The number of aromatic nitrogens is 3. The van der Waals surface area contributed by atoms with Crippen LogP contribution in [0.4, 0.5) is 10.2 Å². The molecule has 3 aromatic rings. The summed E-state index contributed by atoms with van der Waals surface area (Å²) in [5.74, 6) is -0.540. The maximum atomic E-state index is 14.3. The highest BCUT2D eigenvalue weighted by Crippen LogP contribution is 2.28. The third-order valence-corrected chi connectivity index (χ3v) is 5.12. The molecule has 29 heavy (non-hydrogen) atoms. The van der Waals surface area contributed by atoms with Crippen molar-refractivity contribution in [3.63, 3.8) is 0 Å². The summed E-state index contributed by atoms with van der Waals surface area (Å²) in [4.78, 5) is 12.6. The van der Waals surface area contributed by atoms with Crippen LogP contribution < -0.4 is 10.6 Å². The first-order valence-electron chi connectivity index (χ1n) is 9.87. The van der Waals surface area contributed by atoms with Crippen molar-refractivity contribution in [1.29, 1.82) is 0 Å². The van der Waals surface area contributed by atoms with Gasteiger partial charge in [-0.2, -0.15) is 0 Å². The van der Waals surface area contributed by atoms with Crippen molar-refractivity contribution >= 4 is 11.7 Å². The summed E-state index contributed by atoms with van der Waals surface area (Å²) in [6, 6.07) is 12.9. The van der Waals surface area contributed by atoms with E-state index in [-0.39, 0.29) is 11.6 Å². The van der Waals surface area contributed by atoms with E-state index in [4.69, 9.17) is 0 Å². The van der Waals surface area contributed by atoms with Gasteiger partial charge in [-0.25, -0.2) is 9.07 Å². The van der Waals surface area contributed by atoms with Crippen LogP contribution >= 0.6 is 0 Å². The highest BCUT2D eigenvalue weighted by Gasteiger charge is 2.17. The Kier molecular flexibility index (Phi) is 5.40. The first-order valence-corrected chi connectivity index (χ1v) is 9.87. The minimum atomic E-state index is -0.456. The number of carbonyl (C=O) groups excluding carboxylic acids is 1. The zero-order valence-electron chi connectivity index (χ0n) is 16.5. The highest BCUT2D eigenvalue weighted by atomic mass is 19.1. The third kappa shape index (κ3) is 4.35. The molecule has 2 N–H and O–H groups in total. The van der Waals surface area contributed by atoms with E-state index in [2.05, 4.69) is 33.1 Å². The number of hydrogen-bond donors (Lipinski definition) is 2. The molecule has 1 aromatic heterocycles. The second kappa shape index (κ2) is 8.13. The van der Waals surface area contributed by atoms with Gasteiger partial charge >= 0.3 is 0 Å². The van der Waals surface area contributed by atoms with Crippen molar-refractivity contribution in [2.24, 2.45) is 0 Å². The van der Waals surface area contributed by atoms with Crippen LogP contribution in [-0.4, -0.2) is 27.4 Å². The summed E-state index contributed by atoms with van der Waals surface area (Å²) >= 11 is 0. The topological polar surface area (TPSA) is 71.8 Å². The minimum absolute atomic E-state index is 0.135. The first-order chi connectivity index (χ1) is 14.0. The van der Waals surface area contributed by atoms with Crippen LogP contribution in [0.5, 0.6) is 0 Å². The van der Waals surface area contributed by atoms with E-state index < -0.39 is 11.7 Å². The van der Waals surface area contributed by atoms with Crippen molar-refractivity contribution in [3.05, 3.63) is 65.6 Å². The molecule has 0 spiro atoms. The van der Waals surface area contributed by atoms with Gasteiger partial charge in [-0.3, -0.25) is 4.79 Å². The Balaban J connectivity index is 1.58. The molecule has 1 atom stereocenters. The summed E-state index contributed by atoms with van der Waals surface area (Å²) in [5, 5.41) is 14.1. The van der Waals surface area contributed by atoms with Gasteiger partial charge in [-0.1, -0.05) is 23.4 Å². The summed E-state index contributed by atoms with van der Waals surface area (Å²) < 4.78 is 15.9. The maximum Gasteiger partial charge on any atom is 0.257 e. The molecular weight excluding hydrogens is 369 g/mol. The molecule has 7 heteroatoms. The summed E-state index contributed by atoms with van der Waals surface area (Å²) in [6.07, 6.45) is 3.90. The quantitative estimate of drug-likeness (QED) is 0.676. The van der Waals surface area contributed by atoms with Crippen molar-refractivity contribution in [2.45, 2.75) is 38.8 Å². The van der Waals surface area contributed by atoms with Crippen LogP contribution in [0.15, 0.2) is 48.7 Å². The zero-order valence-corrected chi connectivity index (χ0v) is 16.5. The summed E-state index contributed by atoms with van der Waals surface area (Å²) in [6.45, 7) is 4.95. The van der Waals surface area contributed by atoms with Crippen LogP contribution in [-0.2, 0) is 0 Å². The lowest BCUT2D eigenvalue weighted by Crippen LogP contribution is -2.13. The molecule has 1 aliphatic heterocycles. The van der Waals surface area contributed by atoms with Crippen LogP contribution in [0.25, 0.3) is 11.1 Å². The average Bonchev–Trinajstić information content (AvgIpc) is 3.40. The fraction of sp³-hybridized carbons (Fsp3) is 0.318. The standard InChI is InChI=1S/C22H24FN5O/c1-14(2)28-13-21(26-27-28)25-22(29)18-10-17(11-19(23)12-18)15-5-3-6-16(9-15)20-7-4-8-24-20/h3,5-6,9-14,20,24H,4,7-8H2,1-2H3,(H,25,29). The van der Waals surface area contributed by atoms with Crippen LogP contribution in [0.2, 0.25) is 0 Å². The molecule has 2 aromatic carbocycles. The van der Waals surface area contributed by atoms with Gasteiger partial charge in [0, 0.05) is 17.6 Å². The molecule has 1 unspecified atom stereocenters. The molecule has 4 rings (SSSR count). The average molecular weight is 393 g/mol. The third-order valence-electron chi connectivity index (χ3n) is 5.12. The van der Waals surface area contributed by atoms with Gasteiger partial charge in [0.05, 0.1) is 6.20 Å². The molecule has 0 aliphatic carbocycles. The molecule has 150 valence electrons. The van der Waals surface area contributed by atoms with Gasteiger partial charge in [0.1, 0.15) is 5.82 Å². The lowest BCUT2D eigenvalue weighted by Gasteiger charge is -2.13. The molecule has 2 heterocycles. The first kappa shape index (κ1) is 19.3. The molecule has 1 amide bonds. The van der Waals surface area contributed by atoms with Gasteiger partial charge in [0.25, 0.3) is 5.91 Å². The van der Waals surface area contributed by atoms with E-state index in [0.29, 0.717) is 17.4 Å². The highest BCUT2D eigenvalue weighted by molar-refractivity contribution is 6.04. The molecule has 1 saturated heterocycles. The van der Waals surface area contributed by atoms with Crippen LogP contribution in [0.1, 0.15) is 54.7 Å². The van der Waals surface area contributed by atoms with Gasteiger partial charge in [-0.15, -0.1) is 5.10 Å². The molecule has 1 aliphatic rings.